The molecule has 122 valence electrons. The van der Waals surface area contributed by atoms with Crippen molar-refractivity contribution in [2.24, 2.45) is 0 Å². The van der Waals surface area contributed by atoms with Crippen LogP contribution in [0.25, 0.3) is 31.7 Å². The quantitative estimate of drug-likeness (QED) is 0.190. The average molecular weight is 460 g/mol. The molecule has 1 aliphatic carbocycles. The minimum Gasteiger partial charge on any atom is -0.204 e. The van der Waals surface area contributed by atoms with Crippen molar-refractivity contribution in [3.63, 3.8) is 0 Å². The van der Waals surface area contributed by atoms with E-state index < -0.39 is 11.6 Å². The lowest BCUT2D eigenvalue weighted by Gasteiger charge is -2.15. The van der Waals surface area contributed by atoms with Crippen LogP contribution in [0.15, 0.2) is 60.7 Å². The van der Waals surface area contributed by atoms with Crippen molar-refractivity contribution in [2.75, 3.05) is 0 Å². The molecule has 0 N–H and O–H groups in total. The Morgan fingerprint density at radius 1 is 0.800 bits per heavy atom. The van der Waals surface area contributed by atoms with Crippen molar-refractivity contribution in [2.45, 2.75) is 3.92 Å². The summed E-state index contributed by atoms with van der Waals surface area (Å²) in [6, 6.07) is 19.1. The Labute approximate surface area is 161 Å². The minimum atomic E-state index is -0.797. The van der Waals surface area contributed by atoms with Gasteiger partial charge in [0.15, 0.2) is 11.6 Å². The lowest BCUT2D eigenvalue weighted by Crippen LogP contribution is -1.98. The van der Waals surface area contributed by atoms with Gasteiger partial charge < -0.3 is 0 Å². The second-order valence-corrected chi connectivity index (χ2v) is 8.38. The smallest absolute Gasteiger partial charge is 0.167 e. The maximum atomic E-state index is 15.0. The normalized spacial score (nSPS) is 15.4. The number of thiophene rings is 1. The lowest BCUT2D eigenvalue weighted by molar-refractivity contribution is 0.510. The highest BCUT2D eigenvalue weighted by atomic mass is 127. The van der Waals surface area contributed by atoms with E-state index in [4.69, 9.17) is 0 Å². The van der Waals surface area contributed by atoms with E-state index >= 15 is 0 Å². The molecule has 5 rings (SSSR count). The summed E-state index contributed by atoms with van der Waals surface area (Å²) in [6.45, 7) is 0. The summed E-state index contributed by atoms with van der Waals surface area (Å²) in [4.78, 5) is 1.02. The van der Waals surface area contributed by atoms with Crippen LogP contribution in [0.3, 0.4) is 0 Å². The molecule has 25 heavy (non-hydrogen) atoms. The zero-order valence-electron chi connectivity index (χ0n) is 12.9. The molecule has 0 spiro atoms. The first kappa shape index (κ1) is 15.5. The Morgan fingerprint density at radius 3 is 2.44 bits per heavy atom. The Balaban J connectivity index is 2.04. The Kier molecular flexibility index (Phi) is 3.47. The molecule has 0 fully saturated rings. The highest BCUT2D eigenvalue weighted by Crippen LogP contribution is 2.54. The fourth-order valence-electron chi connectivity index (χ4n) is 3.61. The third kappa shape index (κ3) is 2.13. The first-order valence-electron chi connectivity index (χ1n) is 7.90. The Hall–Kier alpha value is -1.79. The first-order chi connectivity index (χ1) is 12.2. The summed E-state index contributed by atoms with van der Waals surface area (Å²) >= 11 is 3.97. The highest BCUT2D eigenvalue weighted by Gasteiger charge is 2.31. The molecule has 4 aromatic rings. The van der Waals surface area contributed by atoms with Gasteiger partial charge in [-0.15, -0.1) is 11.3 Å². The maximum absolute atomic E-state index is 15.0. The van der Waals surface area contributed by atoms with E-state index in [0.717, 1.165) is 37.2 Å². The molecule has 0 saturated heterocycles. The molecule has 4 heteroatoms. The topological polar surface area (TPSA) is 0 Å². The van der Waals surface area contributed by atoms with Crippen LogP contribution in [-0.2, 0) is 0 Å². The molecule has 3 aromatic carbocycles. The van der Waals surface area contributed by atoms with Crippen LogP contribution in [0.4, 0.5) is 8.78 Å². The minimum absolute atomic E-state index is 0.0303. The van der Waals surface area contributed by atoms with Gasteiger partial charge in [-0.1, -0.05) is 71.1 Å². The maximum Gasteiger partial charge on any atom is 0.167 e. The number of benzene rings is 3. The van der Waals surface area contributed by atoms with Gasteiger partial charge in [-0.25, -0.2) is 8.78 Å². The van der Waals surface area contributed by atoms with Crippen molar-refractivity contribution < 1.29 is 8.78 Å². The largest absolute Gasteiger partial charge is 0.204 e. The van der Waals surface area contributed by atoms with Crippen molar-refractivity contribution in [1.82, 2.24) is 0 Å². The van der Waals surface area contributed by atoms with Gasteiger partial charge in [0, 0.05) is 26.1 Å². The van der Waals surface area contributed by atoms with E-state index in [2.05, 4.69) is 34.7 Å². The summed E-state index contributed by atoms with van der Waals surface area (Å²) in [5.41, 5.74) is 4.30. The third-order valence-corrected chi connectivity index (χ3v) is 7.27. The van der Waals surface area contributed by atoms with E-state index in [9.17, 15) is 8.78 Å². The molecule has 0 radical (unpaired) electrons. The van der Waals surface area contributed by atoms with Crippen LogP contribution in [0.1, 0.15) is 15.1 Å². The van der Waals surface area contributed by atoms with Gasteiger partial charge in [0.25, 0.3) is 0 Å². The predicted molar refractivity (Wildman–Crippen MR) is 108 cm³/mol. The number of rotatable bonds is 0. The fraction of sp³-hybridized carbons (Fsp3) is 0.0476. The summed E-state index contributed by atoms with van der Waals surface area (Å²) in [5.74, 6) is -1.55. The van der Waals surface area contributed by atoms with Crippen LogP contribution in [-0.4, -0.2) is 0 Å². The monoisotopic (exact) mass is 460 g/mol. The number of halogens is 3. The molecule has 0 saturated carbocycles. The van der Waals surface area contributed by atoms with Crippen molar-refractivity contribution >= 4 is 44.0 Å². The van der Waals surface area contributed by atoms with Gasteiger partial charge in [-0.05, 0) is 28.8 Å². The summed E-state index contributed by atoms with van der Waals surface area (Å²) in [7, 11) is 0. The average Bonchev–Trinajstić information content (AvgIpc) is 2.98. The van der Waals surface area contributed by atoms with Crippen LogP contribution in [0, 0.1) is 11.6 Å². The van der Waals surface area contributed by atoms with Crippen LogP contribution >= 0.6 is 33.9 Å². The van der Waals surface area contributed by atoms with E-state index in [1.165, 1.54) is 6.07 Å². The van der Waals surface area contributed by atoms with Crippen LogP contribution in [0.5, 0.6) is 0 Å². The zero-order valence-corrected chi connectivity index (χ0v) is 15.9. The molecule has 1 aromatic heterocycles. The molecular formula is C21H11F2IS. The molecular weight excluding hydrogens is 449 g/mol. The Morgan fingerprint density at radius 2 is 1.56 bits per heavy atom. The highest BCUT2D eigenvalue weighted by molar-refractivity contribution is 14.1. The molecule has 1 heterocycles. The van der Waals surface area contributed by atoms with Gasteiger partial charge in [-0.2, -0.15) is 0 Å². The zero-order chi connectivity index (χ0) is 17.1. The number of hydrogen-bond acceptors (Lipinski definition) is 1. The first-order valence-corrected chi connectivity index (χ1v) is 9.96. The Bertz CT molecular complexity index is 1150. The lowest BCUT2D eigenvalue weighted by atomic mass is 9.96. The van der Waals surface area contributed by atoms with Gasteiger partial charge in [0.05, 0.1) is 3.92 Å². The molecule has 1 atom stereocenters. The molecule has 0 bridgehead atoms. The van der Waals surface area contributed by atoms with Gasteiger partial charge in [-0.3, -0.25) is 0 Å². The van der Waals surface area contributed by atoms with E-state index in [1.54, 1.807) is 17.4 Å². The number of fused-ring (bicyclic) bond motifs is 7. The second kappa shape index (κ2) is 5.61. The second-order valence-electron chi connectivity index (χ2n) is 6.08. The summed E-state index contributed by atoms with van der Waals surface area (Å²) < 4.78 is 30.1. The molecule has 0 aliphatic heterocycles. The van der Waals surface area contributed by atoms with Crippen LogP contribution < -0.4 is 0 Å². The predicted octanol–water partition coefficient (Wildman–Crippen LogP) is 7.35. The molecule has 0 amide bonds. The molecule has 1 aliphatic rings. The molecule has 0 nitrogen and oxygen atoms in total. The number of hydrogen-bond donors (Lipinski definition) is 0. The van der Waals surface area contributed by atoms with Gasteiger partial charge in [0.1, 0.15) is 0 Å². The summed E-state index contributed by atoms with van der Waals surface area (Å²) in [5, 5.41) is 0.980. The molecule has 1 unspecified atom stereocenters. The SMILES string of the molecule is Fc1ccc2c(c1F)-c1c(sc3ccccc13)-c1ccccc1C2I. The third-order valence-electron chi connectivity index (χ3n) is 4.72. The van der Waals surface area contributed by atoms with E-state index in [0.29, 0.717) is 5.56 Å². The number of alkyl halides is 1. The fourth-order valence-corrected chi connectivity index (χ4v) is 5.93. The van der Waals surface area contributed by atoms with E-state index in [1.807, 2.05) is 36.4 Å². The standard InChI is InChI=1S/C21H11F2IS/c22-15-10-9-14-17(19(15)23)18-13-7-3-4-8-16(13)25-21(18)12-6-2-1-5-11(12)20(14)24/h1-10,20H. The van der Waals surface area contributed by atoms with Gasteiger partial charge >= 0.3 is 0 Å². The van der Waals surface area contributed by atoms with Crippen molar-refractivity contribution in [3.05, 3.63) is 83.4 Å². The summed E-state index contributed by atoms with van der Waals surface area (Å²) in [6.07, 6.45) is 0. The van der Waals surface area contributed by atoms with Gasteiger partial charge in [0.2, 0.25) is 0 Å². The van der Waals surface area contributed by atoms with E-state index in [-0.39, 0.29) is 3.92 Å². The van der Waals surface area contributed by atoms with Crippen molar-refractivity contribution in [1.29, 1.82) is 0 Å². The van der Waals surface area contributed by atoms with Crippen LogP contribution in [0.2, 0.25) is 0 Å². The van der Waals surface area contributed by atoms with Crippen molar-refractivity contribution in [3.8, 4) is 21.6 Å².